The van der Waals surface area contributed by atoms with Crippen LogP contribution in [0.15, 0.2) is 18.2 Å². The van der Waals surface area contributed by atoms with E-state index in [0.717, 1.165) is 6.07 Å². The zero-order valence-corrected chi connectivity index (χ0v) is 10.6. The number of carboxylic acid groups (broad SMARTS) is 1. The number of aromatic carboxylic acids is 1. The van der Waals surface area contributed by atoms with Crippen molar-refractivity contribution in [1.29, 1.82) is 0 Å². The van der Waals surface area contributed by atoms with Crippen LogP contribution in [0.25, 0.3) is 0 Å². The van der Waals surface area contributed by atoms with Gasteiger partial charge in [-0.05, 0) is 23.6 Å². The molecule has 0 spiro atoms. The molecule has 1 amide bonds. The lowest BCUT2D eigenvalue weighted by Crippen LogP contribution is -2.32. The van der Waals surface area contributed by atoms with Crippen LogP contribution in [0.4, 0.5) is 4.39 Å². The summed E-state index contributed by atoms with van der Waals surface area (Å²) in [4.78, 5) is 22.3. The first-order valence-corrected chi connectivity index (χ1v) is 5.52. The fourth-order valence-electron chi connectivity index (χ4n) is 1.27. The van der Waals surface area contributed by atoms with Gasteiger partial charge in [-0.3, -0.25) is 4.79 Å². The monoisotopic (exact) mass is 253 g/mol. The van der Waals surface area contributed by atoms with Gasteiger partial charge < -0.3 is 10.4 Å². The predicted octanol–water partition coefficient (Wildman–Crippen LogP) is 2.30. The molecule has 0 saturated carbocycles. The number of amides is 1. The SMILES string of the molecule is CC(C)(C)CNC(=O)c1ccc(C(=O)O)cc1F. The normalized spacial score (nSPS) is 11.1. The summed E-state index contributed by atoms with van der Waals surface area (Å²) in [5.41, 5.74) is -0.434. The van der Waals surface area contributed by atoms with Crippen LogP contribution < -0.4 is 5.32 Å². The van der Waals surface area contributed by atoms with E-state index < -0.39 is 17.7 Å². The largest absolute Gasteiger partial charge is 0.478 e. The van der Waals surface area contributed by atoms with E-state index in [1.165, 1.54) is 12.1 Å². The number of carbonyl (C=O) groups is 2. The minimum absolute atomic E-state index is 0.104. The van der Waals surface area contributed by atoms with E-state index in [4.69, 9.17) is 5.11 Å². The summed E-state index contributed by atoms with van der Waals surface area (Å²) >= 11 is 0. The molecule has 98 valence electrons. The van der Waals surface area contributed by atoms with Crippen molar-refractivity contribution in [3.05, 3.63) is 35.1 Å². The second-order valence-electron chi connectivity index (χ2n) is 5.24. The quantitative estimate of drug-likeness (QED) is 0.868. The minimum atomic E-state index is -1.23. The highest BCUT2D eigenvalue weighted by Crippen LogP contribution is 2.13. The van der Waals surface area contributed by atoms with E-state index in [9.17, 15) is 14.0 Å². The van der Waals surface area contributed by atoms with Crippen molar-refractivity contribution in [2.75, 3.05) is 6.54 Å². The van der Waals surface area contributed by atoms with E-state index in [2.05, 4.69) is 5.32 Å². The fraction of sp³-hybridized carbons (Fsp3) is 0.385. The molecule has 2 N–H and O–H groups in total. The Morgan fingerprint density at radius 2 is 1.94 bits per heavy atom. The van der Waals surface area contributed by atoms with Crippen LogP contribution in [0.5, 0.6) is 0 Å². The Morgan fingerprint density at radius 1 is 1.33 bits per heavy atom. The minimum Gasteiger partial charge on any atom is -0.478 e. The first kappa shape index (κ1) is 14.2. The van der Waals surface area contributed by atoms with Crippen molar-refractivity contribution in [2.24, 2.45) is 5.41 Å². The molecule has 1 aromatic carbocycles. The zero-order chi connectivity index (χ0) is 13.9. The number of halogens is 1. The van der Waals surface area contributed by atoms with Crippen molar-refractivity contribution < 1.29 is 19.1 Å². The van der Waals surface area contributed by atoms with E-state index in [-0.39, 0.29) is 16.5 Å². The lowest BCUT2D eigenvalue weighted by atomic mass is 9.97. The number of hydrogen-bond donors (Lipinski definition) is 2. The van der Waals surface area contributed by atoms with Gasteiger partial charge in [0.15, 0.2) is 0 Å². The second kappa shape index (κ2) is 5.16. The molecule has 0 aromatic heterocycles. The van der Waals surface area contributed by atoms with Gasteiger partial charge in [-0.15, -0.1) is 0 Å². The Kier molecular flexibility index (Phi) is 4.06. The zero-order valence-electron chi connectivity index (χ0n) is 10.6. The number of hydrogen-bond acceptors (Lipinski definition) is 2. The molecular formula is C13H16FNO3. The molecule has 1 aromatic rings. The first-order chi connectivity index (χ1) is 8.20. The topological polar surface area (TPSA) is 66.4 Å². The third kappa shape index (κ3) is 3.84. The van der Waals surface area contributed by atoms with Gasteiger partial charge >= 0.3 is 5.97 Å². The Hall–Kier alpha value is -1.91. The maximum atomic E-state index is 13.6. The molecule has 4 nitrogen and oxygen atoms in total. The highest BCUT2D eigenvalue weighted by molar-refractivity contribution is 5.96. The molecule has 0 unspecified atom stereocenters. The highest BCUT2D eigenvalue weighted by atomic mass is 19.1. The van der Waals surface area contributed by atoms with Gasteiger partial charge in [0.25, 0.3) is 5.91 Å². The lowest BCUT2D eigenvalue weighted by molar-refractivity contribution is 0.0695. The average Bonchev–Trinajstić information content (AvgIpc) is 2.24. The Bertz CT molecular complexity index is 478. The fourth-order valence-corrected chi connectivity index (χ4v) is 1.27. The van der Waals surface area contributed by atoms with E-state index in [1.807, 2.05) is 20.8 Å². The molecule has 0 aliphatic carbocycles. The molecule has 0 bridgehead atoms. The van der Waals surface area contributed by atoms with Crippen molar-refractivity contribution >= 4 is 11.9 Å². The van der Waals surface area contributed by atoms with Gasteiger partial charge in [0.05, 0.1) is 11.1 Å². The number of carbonyl (C=O) groups excluding carboxylic acids is 1. The van der Waals surface area contributed by atoms with Crippen molar-refractivity contribution in [3.63, 3.8) is 0 Å². The van der Waals surface area contributed by atoms with Crippen molar-refractivity contribution in [3.8, 4) is 0 Å². The summed E-state index contributed by atoms with van der Waals surface area (Å²) in [5.74, 6) is -2.60. The van der Waals surface area contributed by atoms with Crippen LogP contribution in [-0.2, 0) is 0 Å². The molecule has 0 aliphatic rings. The second-order valence-corrected chi connectivity index (χ2v) is 5.24. The summed E-state index contributed by atoms with van der Waals surface area (Å²) in [6.07, 6.45) is 0. The summed E-state index contributed by atoms with van der Waals surface area (Å²) in [6.45, 7) is 6.23. The smallest absolute Gasteiger partial charge is 0.335 e. The summed E-state index contributed by atoms with van der Waals surface area (Å²) < 4.78 is 13.6. The van der Waals surface area contributed by atoms with Crippen LogP contribution in [0.3, 0.4) is 0 Å². The average molecular weight is 253 g/mol. The van der Waals surface area contributed by atoms with E-state index in [0.29, 0.717) is 6.54 Å². The van der Waals surface area contributed by atoms with Crippen LogP contribution in [0.2, 0.25) is 0 Å². The maximum absolute atomic E-state index is 13.6. The predicted molar refractivity (Wildman–Crippen MR) is 65.1 cm³/mol. The number of rotatable bonds is 3. The highest BCUT2D eigenvalue weighted by Gasteiger charge is 2.17. The van der Waals surface area contributed by atoms with Crippen LogP contribution >= 0.6 is 0 Å². The molecule has 0 atom stereocenters. The third-order valence-corrected chi connectivity index (χ3v) is 2.24. The molecule has 5 heteroatoms. The molecular weight excluding hydrogens is 237 g/mol. The van der Waals surface area contributed by atoms with Gasteiger partial charge in [0.2, 0.25) is 0 Å². The number of nitrogens with one attached hydrogen (secondary N) is 1. The summed E-state index contributed by atoms with van der Waals surface area (Å²) in [7, 11) is 0. The molecule has 18 heavy (non-hydrogen) atoms. The molecule has 1 rings (SSSR count). The van der Waals surface area contributed by atoms with Gasteiger partial charge in [0.1, 0.15) is 5.82 Å². The van der Waals surface area contributed by atoms with Crippen LogP contribution in [-0.4, -0.2) is 23.5 Å². The molecule has 0 heterocycles. The third-order valence-electron chi connectivity index (χ3n) is 2.24. The van der Waals surface area contributed by atoms with Crippen LogP contribution in [0, 0.1) is 11.2 Å². The Labute approximate surface area is 105 Å². The standard InChI is InChI=1S/C13H16FNO3/c1-13(2,3)7-15-11(16)9-5-4-8(12(17)18)6-10(9)14/h4-6H,7H2,1-3H3,(H,15,16)(H,17,18). The first-order valence-electron chi connectivity index (χ1n) is 5.52. The van der Waals surface area contributed by atoms with Crippen LogP contribution in [0.1, 0.15) is 41.5 Å². The molecule has 0 saturated heterocycles. The van der Waals surface area contributed by atoms with Gasteiger partial charge in [0, 0.05) is 6.54 Å². The van der Waals surface area contributed by atoms with Gasteiger partial charge in [-0.1, -0.05) is 20.8 Å². The Morgan fingerprint density at radius 3 is 2.39 bits per heavy atom. The maximum Gasteiger partial charge on any atom is 0.335 e. The van der Waals surface area contributed by atoms with Crippen molar-refractivity contribution in [2.45, 2.75) is 20.8 Å². The molecule has 0 fully saturated rings. The molecule has 0 radical (unpaired) electrons. The number of benzene rings is 1. The van der Waals surface area contributed by atoms with Gasteiger partial charge in [-0.2, -0.15) is 0 Å². The lowest BCUT2D eigenvalue weighted by Gasteiger charge is -2.18. The van der Waals surface area contributed by atoms with E-state index in [1.54, 1.807) is 0 Å². The van der Waals surface area contributed by atoms with E-state index >= 15 is 0 Å². The van der Waals surface area contributed by atoms with Crippen molar-refractivity contribution in [1.82, 2.24) is 5.32 Å². The summed E-state index contributed by atoms with van der Waals surface area (Å²) in [6, 6.07) is 3.22. The molecule has 0 aliphatic heterocycles. The summed E-state index contributed by atoms with van der Waals surface area (Å²) in [5, 5.41) is 11.3. The number of carboxylic acids is 1. The Balaban J connectivity index is 2.84. The van der Waals surface area contributed by atoms with Gasteiger partial charge in [-0.25, -0.2) is 9.18 Å².